The van der Waals surface area contributed by atoms with E-state index in [1.54, 1.807) is 59.8 Å². The van der Waals surface area contributed by atoms with E-state index >= 15 is 0 Å². The number of carbonyl (C=O) groups is 1. The normalized spacial score (nSPS) is 14.7. The fraction of sp³-hybridized carbons (Fsp3) is 0.250. The Hall–Kier alpha value is -3.69. The summed E-state index contributed by atoms with van der Waals surface area (Å²) in [7, 11) is -3.65. The molecule has 3 heterocycles. The summed E-state index contributed by atoms with van der Waals surface area (Å²) in [4.78, 5) is 25.6. The number of hydrogen-bond donors (Lipinski definition) is 0. The van der Waals surface area contributed by atoms with Crippen LogP contribution in [-0.2, 0) is 22.1 Å². The van der Waals surface area contributed by atoms with Crippen molar-refractivity contribution in [1.82, 2.24) is 19.8 Å². The third-order valence-electron chi connectivity index (χ3n) is 6.73. The summed E-state index contributed by atoms with van der Waals surface area (Å²) in [6.07, 6.45) is 3.16. The van der Waals surface area contributed by atoms with Gasteiger partial charge < -0.3 is 4.90 Å². The Morgan fingerprint density at radius 2 is 1.68 bits per heavy atom. The molecule has 5 rings (SSSR count). The van der Waals surface area contributed by atoms with E-state index in [-0.39, 0.29) is 22.4 Å². The van der Waals surface area contributed by atoms with E-state index in [9.17, 15) is 17.6 Å². The number of carbonyl (C=O) groups excluding carboxylic acids is 1. The molecule has 1 saturated heterocycles. The van der Waals surface area contributed by atoms with Crippen LogP contribution in [0.25, 0.3) is 10.9 Å². The molecule has 37 heavy (non-hydrogen) atoms. The van der Waals surface area contributed by atoms with E-state index in [4.69, 9.17) is 0 Å². The van der Waals surface area contributed by atoms with Crippen LogP contribution in [0.2, 0.25) is 0 Å². The van der Waals surface area contributed by atoms with Gasteiger partial charge in [-0.2, -0.15) is 0 Å². The van der Waals surface area contributed by atoms with Crippen molar-refractivity contribution in [2.24, 2.45) is 0 Å². The van der Waals surface area contributed by atoms with Gasteiger partial charge in [0, 0.05) is 56.1 Å². The molecule has 1 amide bonds. The van der Waals surface area contributed by atoms with Crippen LogP contribution in [0.15, 0.2) is 78.0 Å². The molecule has 0 unspecified atom stereocenters. The second-order valence-electron chi connectivity index (χ2n) is 9.23. The molecule has 0 spiro atoms. The minimum absolute atomic E-state index is 0.0978. The first-order valence-corrected chi connectivity index (χ1v) is 13.7. The third kappa shape index (κ3) is 5.38. The Kier molecular flexibility index (Phi) is 6.99. The quantitative estimate of drug-likeness (QED) is 0.384. The zero-order valence-electron chi connectivity index (χ0n) is 20.5. The molecule has 1 fully saturated rings. The maximum absolute atomic E-state index is 13.9. The van der Waals surface area contributed by atoms with E-state index in [1.807, 2.05) is 19.1 Å². The van der Waals surface area contributed by atoms with Crippen molar-refractivity contribution in [3.05, 3.63) is 101 Å². The number of nitrogens with zero attached hydrogens (tertiary/aromatic N) is 4. The molecule has 0 radical (unpaired) electrons. The Labute approximate surface area is 215 Å². The minimum Gasteiger partial charge on any atom is -0.336 e. The molecule has 0 saturated carbocycles. The number of fused-ring (bicyclic) bond motifs is 1. The second-order valence-corrected chi connectivity index (χ2v) is 11.2. The largest absolute Gasteiger partial charge is 0.336 e. The predicted octanol–water partition coefficient (Wildman–Crippen LogP) is 4.01. The Morgan fingerprint density at radius 1 is 0.946 bits per heavy atom. The molecular weight excluding hydrogens is 491 g/mol. The molecule has 9 heteroatoms. The fourth-order valence-corrected chi connectivity index (χ4v) is 6.28. The van der Waals surface area contributed by atoms with Crippen molar-refractivity contribution < 1.29 is 17.6 Å². The molecule has 7 nitrogen and oxygen atoms in total. The van der Waals surface area contributed by atoms with Crippen LogP contribution >= 0.6 is 0 Å². The predicted molar refractivity (Wildman–Crippen MR) is 139 cm³/mol. The highest BCUT2D eigenvalue weighted by atomic mass is 32.2. The molecule has 0 aliphatic carbocycles. The number of aromatic nitrogens is 2. The number of piperazine rings is 1. The van der Waals surface area contributed by atoms with E-state index in [1.165, 1.54) is 6.07 Å². The molecule has 2 aromatic carbocycles. The number of aryl methyl sites for hydroxylation is 1. The topological polar surface area (TPSA) is 83.5 Å². The zero-order chi connectivity index (χ0) is 26.0. The first kappa shape index (κ1) is 25.0. The molecule has 4 aromatic rings. The summed E-state index contributed by atoms with van der Waals surface area (Å²) in [5, 5.41) is 0.770. The molecule has 2 aromatic heterocycles. The van der Waals surface area contributed by atoms with Gasteiger partial charge in [-0.25, -0.2) is 12.8 Å². The summed E-state index contributed by atoms with van der Waals surface area (Å²) >= 11 is 0. The number of benzene rings is 2. The average molecular weight is 519 g/mol. The van der Waals surface area contributed by atoms with Crippen molar-refractivity contribution in [1.29, 1.82) is 0 Å². The standard InChI is InChI=1S/C28H27FN4O3S/c1-20-17-22(28(34)33-15-13-32(14-16-33)18-25-24(29)7-4-11-30-25)9-10-23(20)19-37(35,36)26-8-2-5-21-6-3-12-31-27(21)26/h2-12,17H,13-16,18-19H2,1H3. The van der Waals surface area contributed by atoms with Gasteiger partial charge in [0.05, 0.1) is 21.9 Å². The summed E-state index contributed by atoms with van der Waals surface area (Å²) in [5.41, 5.74) is 2.77. The van der Waals surface area contributed by atoms with Gasteiger partial charge in [-0.15, -0.1) is 0 Å². The number of halogens is 1. The number of para-hydroxylation sites is 1. The van der Waals surface area contributed by atoms with Gasteiger partial charge >= 0.3 is 0 Å². The molecule has 0 N–H and O–H groups in total. The Morgan fingerprint density at radius 3 is 2.43 bits per heavy atom. The van der Waals surface area contributed by atoms with Gasteiger partial charge in [0.25, 0.3) is 5.91 Å². The van der Waals surface area contributed by atoms with Gasteiger partial charge in [0.15, 0.2) is 9.84 Å². The number of amides is 1. The van der Waals surface area contributed by atoms with Crippen molar-refractivity contribution in [3.8, 4) is 0 Å². The van der Waals surface area contributed by atoms with Gasteiger partial charge in [-0.3, -0.25) is 19.7 Å². The van der Waals surface area contributed by atoms with Crippen molar-refractivity contribution in [3.63, 3.8) is 0 Å². The van der Waals surface area contributed by atoms with Crippen molar-refractivity contribution in [2.45, 2.75) is 24.1 Å². The molecule has 1 aliphatic heterocycles. The lowest BCUT2D eigenvalue weighted by Crippen LogP contribution is -2.48. The lowest BCUT2D eigenvalue weighted by molar-refractivity contribution is 0.0625. The van der Waals surface area contributed by atoms with Crippen LogP contribution in [0.4, 0.5) is 4.39 Å². The van der Waals surface area contributed by atoms with Crippen LogP contribution in [0.3, 0.4) is 0 Å². The van der Waals surface area contributed by atoms with Gasteiger partial charge in [-0.1, -0.05) is 24.3 Å². The van der Waals surface area contributed by atoms with Crippen LogP contribution in [0.1, 0.15) is 27.2 Å². The molecule has 0 bridgehead atoms. The summed E-state index contributed by atoms with van der Waals surface area (Å²) in [6.45, 7) is 4.52. The fourth-order valence-electron chi connectivity index (χ4n) is 4.64. The van der Waals surface area contributed by atoms with Crippen LogP contribution in [0, 0.1) is 12.7 Å². The molecule has 0 atom stereocenters. The number of hydrogen-bond acceptors (Lipinski definition) is 6. The van der Waals surface area contributed by atoms with E-state index in [2.05, 4.69) is 14.9 Å². The summed E-state index contributed by atoms with van der Waals surface area (Å²) in [5.74, 6) is -0.596. The third-order valence-corrected chi connectivity index (χ3v) is 8.42. The van der Waals surface area contributed by atoms with Gasteiger partial charge in [-0.05, 0) is 54.4 Å². The van der Waals surface area contributed by atoms with Crippen LogP contribution in [0.5, 0.6) is 0 Å². The Balaban J connectivity index is 1.26. The monoisotopic (exact) mass is 518 g/mol. The minimum atomic E-state index is -3.65. The van der Waals surface area contributed by atoms with E-state index in [0.29, 0.717) is 55.1 Å². The van der Waals surface area contributed by atoms with Crippen LogP contribution in [-0.4, -0.2) is 60.3 Å². The Bertz CT molecular complexity index is 1560. The summed E-state index contributed by atoms with van der Waals surface area (Å²) < 4.78 is 40.5. The lowest BCUT2D eigenvalue weighted by atomic mass is 10.1. The van der Waals surface area contributed by atoms with Crippen molar-refractivity contribution in [2.75, 3.05) is 26.2 Å². The van der Waals surface area contributed by atoms with Gasteiger partial charge in [0.1, 0.15) is 5.82 Å². The van der Waals surface area contributed by atoms with Crippen LogP contribution < -0.4 is 0 Å². The van der Waals surface area contributed by atoms with E-state index in [0.717, 1.165) is 10.9 Å². The first-order chi connectivity index (χ1) is 17.8. The number of pyridine rings is 2. The van der Waals surface area contributed by atoms with E-state index < -0.39 is 9.84 Å². The highest BCUT2D eigenvalue weighted by Gasteiger charge is 2.24. The molecular formula is C28H27FN4O3S. The second kappa shape index (κ2) is 10.4. The lowest BCUT2D eigenvalue weighted by Gasteiger charge is -2.34. The maximum atomic E-state index is 13.9. The SMILES string of the molecule is Cc1cc(C(=O)N2CCN(Cc3ncccc3F)CC2)ccc1CS(=O)(=O)c1cccc2cccnc12. The van der Waals surface area contributed by atoms with Crippen molar-refractivity contribution >= 4 is 26.6 Å². The highest BCUT2D eigenvalue weighted by molar-refractivity contribution is 7.90. The molecule has 190 valence electrons. The average Bonchev–Trinajstić information content (AvgIpc) is 2.91. The number of sulfone groups is 1. The van der Waals surface area contributed by atoms with Gasteiger partial charge in [0.2, 0.25) is 0 Å². The smallest absolute Gasteiger partial charge is 0.253 e. The maximum Gasteiger partial charge on any atom is 0.253 e. The zero-order valence-corrected chi connectivity index (χ0v) is 21.3. The molecule has 1 aliphatic rings. The summed E-state index contributed by atoms with van der Waals surface area (Å²) in [6, 6.07) is 16.9. The first-order valence-electron chi connectivity index (χ1n) is 12.1. The number of rotatable bonds is 6. The highest BCUT2D eigenvalue weighted by Crippen LogP contribution is 2.26.